The number of hydrogen-bond donors (Lipinski definition) is 1. The van der Waals surface area contributed by atoms with Crippen molar-refractivity contribution < 1.29 is 9.18 Å². The van der Waals surface area contributed by atoms with Gasteiger partial charge in [0.25, 0.3) is 0 Å². The van der Waals surface area contributed by atoms with Crippen LogP contribution in [-0.2, 0) is 4.79 Å². The van der Waals surface area contributed by atoms with E-state index in [-0.39, 0.29) is 18.3 Å². The Morgan fingerprint density at radius 1 is 1.13 bits per heavy atom. The highest BCUT2D eigenvalue weighted by Gasteiger charge is 2.29. The lowest BCUT2D eigenvalue weighted by atomic mass is 10.0. The summed E-state index contributed by atoms with van der Waals surface area (Å²) in [4.78, 5) is 18.5. The third kappa shape index (κ3) is 3.82. The van der Waals surface area contributed by atoms with Gasteiger partial charge in [0, 0.05) is 51.0 Å². The van der Waals surface area contributed by atoms with E-state index >= 15 is 0 Å². The predicted molar refractivity (Wildman–Crippen MR) is 88.8 cm³/mol. The molecule has 0 aliphatic carbocycles. The van der Waals surface area contributed by atoms with E-state index in [2.05, 4.69) is 9.80 Å². The van der Waals surface area contributed by atoms with Gasteiger partial charge in [-0.3, -0.25) is 9.69 Å². The number of benzene rings is 1. The van der Waals surface area contributed by atoms with E-state index in [0.717, 1.165) is 57.8 Å². The van der Waals surface area contributed by atoms with Gasteiger partial charge in [0.15, 0.2) is 0 Å². The fourth-order valence-electron chi connectivity index (χ4n) is 3.61. The highest BCUT2D eigenvalue weighted by Crippen LogP contribution is 2.21. The third-order valence-electron chi connectivity index (χ3n) is 4.95. The molecule has 126 valence electrons. The molecule has 5 nitrogen and oxygen atoms in total. The molecule has 6 heteroatoms. The van der Waals surface area contributed by atoms with Crippen LogP contribution in [0.25, 0.3) is 0 Å². The van der Waals surface area contributed by atoms with Crippen LogP contribution in [0.3, 0.4) is 0 Å². The SMILES string of the molecule is NCC(=O)N1CCC[C@@H](N2CCN(c3ccc(F)cc3)CC2)C1. The molecule has 2 N–H and O–H groups in total. The van der Waals surface area contributed by atoms with Gasteiger partial charge in [-0.05, 0) is 37.1 Å². The Hall–Kier alpha value is -1.66. The first kappa shape index (κ1) is 16.2. The molecule has 0 radical (unpaired) electrons. The molecule has 2 aliphatic rings. The maximum atomic E-state index is 13.0. The van der Waals surface area contributed by atoms with Crippen molar-refractivity contribution in [3.63, 3.8) is 0 Å². The molecular weight excluding hydrogens is 295 g/mol. The quantitative estimate of drug-likeness (QED) is 0.899. The lowest BCUT2D eigenvalue weighted by Crippen LogP contribution is -2.56. The molecule has 1 atom stereocenters. The van der Waals surface area contributed by atoms with E-state index in [1.165, 1.54) is 12.1 Å². The molecule has 1 amide bonds. The summed E-state index contributed by atoms with van der Waals surface area (Å²) in [6.45, 7) is 5.57. The van der Waals surface area contributed by atoms with Crippen LogP contribution >= 0.6 is 0 Å². The average molecular weight is 320 g/mol. The highest BCUT2D eigenvalue weighted by molar-refractivity contribution is 5.78. The van der Waals surface area contributed by atoms with E-state index in [0.29, 0.717) is 6.04 Å². The van der Waals surface area contributed by atoms with E-state index in [4.69, 9.17) is 5.73 Å². The van der Waals surface area contributed by atoms with Gasteiger partial charge in [-0.1, -0.05) is 0 Å². The van der Waals surface area contributed by atoms with Crippen molar-refractivity contribution in [2.24, 2.45) is 5.73 Å². The van der Waals surface area contributed by atoms with Gasteiger partial charge in [0.2, 0.25) is 5.91 Å². The van der Waals surface area contributed by atoms with Gasteiger partial charge in [-0.2, -0.15) is 0 Å². The maximum absolute atomic E-state index is 13.0. The summed E-state index contributed by atoms with van der Waals surface area (Å²) in [5.74, 6) is -0.140. The number of halogens is 1. The van der Waals surface area contributed by atoms with Crippen LogP contribution < -0.4 is 10.6 Å². The van der Waals surface area contributed by atoms with Crippen molar-refractivity contribution in [1.82, 2.24) is 9.80 Å². The summed E-state index contributed by atoms with van der Waals surface area (Å²) in [5, 5.41) is 0. The minimum Gasteiger partial charge on any atom is -0.369 e. The van der Waals surface area contributed by atoms with Gasteiger partial charge in [-0.15, -0.1) is 0 Å². The molecule has 2 fully saturated rings. The van der Waals surface area contributed by atoms with E-state index in [9.17, 15) is 9.18 Å². The minimum absolute atomic E-state index is 0.0552. The number of amides is 1. The molecule has 3 rings (SSSR count). The number of hydrogen-bond acceptors (Lipinski definition) is 4. The Bertz CT molecular complexity index is 528. The standard InChI is InChI=1S/C17H25FN4O/c18-14-3-5-15(6-4-14)20-8-10-21(11-9-20)16-2-1-7-22(13-16)17(23)12-19/h3-6,16H,1-2,7-13,19H2/t16-/m1/s1. The predicted octanol–water partition coefficient (Wildman–Crippen LogP) is 0.897. The summed E-state index contributed by atoms with van der Waals surface area (Å²) >= 11 is 0. The number of nitrogens with two attached hydrogens (primary N) is 1. The summed E-state index contributed by atoms with van der Waals surface area (Å²) in [6, 6.07) is 7.15. The molecule has 2 heterocycles. The average Bonchev–Trinajstić information content (AvgIpc) is 2.62. The summed E-state index contributed by atoms with van der Waals surface area (Å²) < 4.78 is 13.0. The fourth-order valence-corrected chi connectivity index (χ4v) is 3.61. The molecule has 1 aromatic carbocycles. The van der Waals surface area contributed by atoms with Gasteiger partial charge in [0.1, 0.15) is 5.82 Å². The normalized spacial score (nSPS) is 23.1. The number of carbonyl (C=O) groups is 1. The van der Waals surface area contributed by atoms with Crippen LogP contribution in [0.2, 0.25) is 0 Å². The Kier molecular flexibility index (Phi) is 5.13. The second-order valence-electron chi connectivity index (χ2n) is 6.34. The maximum Gasteiger partial charge on any atom is 0.236 e. The molecule has 23 heavy (non-hydrogen) atoms. The van der Waals surface area contributed by atoms with Gasteiger partial charge in [-0.25, -0.2) is 4.39 Å². The Balaban J connectivity index is 1.54. The highest BCUT2D eigenvalue weighted by atomic mass is 19.1. The summed E-state index contributed by atoms with van der Waals surface area (Å²) in [5.41, 5.74) is 6.56. The molecule has 0 saturated carbocycles. The van der Waals surface area contributed by atoms with Crippen molar-refractivity contribution >= 4 is 11.6 Å². The van der Waals surface area contributed by atoms with Gasteiger partial charge in [0.05, 0.1) is 6.54 Å². The van der Waals surface area contributed by atoms with Crippen LogP contribution in [0.5, 0.6) is 0 Å². The number of rotatable bonds is 3. The van der Waals surface area contributed by atoms with E-state index in [1.54, 1.807) is 0 Å². The summed E-state index contributed by atoms with van der Waals surface area (Å²) in [7, 11) is 0. The molecule has 0 aromatic heterocycles. The first-order chi connectivity index (χ1) is 11.2. The second-order valence-corrected chi connectivity index (χ2v) is 6.34. The monoisotopic (exact) mass is 320 g/mol. The van der Waals surface area contributed by atoms with Gasteiger partial charge >= 0.3 is 0 Å². The molecule has 0 unspecified atom stereocenters. The van der Waals surface area contributed by atoms with Crippen LogP contribution in [0, 0.1) is 5.82 Å². The molecule has 0 bridgehead atoms. The smallest absolute Gasteiger partial charge is 0.236 e. The lowest BCUT2D eigenvalue weighted by molar-refractivity contribution is -0.131. The van der Waals surface area contributed by atoms with Crippen LogP contribution in [0.15, 0.2) is 24.3 Å². The molecule has 1 aromatic rings. The molecule has 2 aliphatic heterocycles. The number of likely N-dealkylation sites (tertiary alicyclic amines) is 1. The van der Waals surface area contributed by atoms with Gasteiger partial charge < -0.3 is 15.5 Å². The van der Waals surface area contributed by atoms with Crippen molar-refractivity contribution in [2.75, 3.05) is 50.7 Å². The molecular formula is C17H25FN4O. The topological polar surface area (TPSA) is 52.8 Å². The van der Waals surface area contributed by atoms with Crippen LogP contribution in [0.4, 0.5) is 10.1 Å². The number of piperazine rings is 1. The number of anilines is 1. The number of carbonyl (C=O) groups excluding carboxylic acids is 1. The second kappa shape index (κ2) is 7.27. The first-order valence-electron chi connectivity index (χ1n) is 8.40. The Morgan fingerprint density at radius 2 is 1.83 bits per heavy atom. The van der Waals surface area contributed by atoms with E-state index < -0.39 is 0 Å². The van der Waals surface area contributed by atoms with Crippen molar-refractivity contribution in [1.29, 1.82) is 0 Å². The largest absolute Gasteiger partial charge is 0.369 e. The van der Waals surface area contributed by atoms with E-state index in [1.807, 2.05) is 17.0 Å². The summed E-state index contributed by atoms with van der Waals surface area (Å²) in [6.07, 6.45) is 2.19. The van der Waals surface area contributed by atoms with Crippen molar-refractivity contribution in [3.8, 4) is 0 Å². The first-order valence-corrected chi connectivity index (χ1v) is 8.40. The third-order valence-corrected chi connectivity index (χ3v) is 4.95. The van der Waals surface area contributed by atoms with Crippen LogP contribution in [-0.4, -0.2) is 67.6 Å². The van der Waals surface area contributed by atoms with Crippen molar-refractivity contribution in [2.45, 2.75) is 18.9 Å². The zero-order chi connectivity index (χ0) is 16.2. The molecule has 0 spiro atoms. The Morgan fingerprint density at radius 3 is 2.48 bits per heavy atom. The van der Waals surface area contributed by atoms with Crippen molar-refractivity contribution in [3.05, 3.63) is 30.1 Å². The number of piperidine rings is 1. The Labute approximate surface area is 136 Å². The zero-order valence-corrected chi connectivity index (χ0v) is 13.5. The minimum atomic E-state index is -0.195. The zero-order valence-electron chi connectivity index (χ0n) is 13.5. The van der Waals surface area contributed by atoms with Crippen LogP contribution in [0.1, 0.15) is 12.8 Å². The number of nitrogens with zero attached hydrogens (tertiary/aromatic N) is 3. The fraction of sp³-hybridized carbons (Fsp3) is 0.588. The molecule has 2 saturated heterocycles. The lowest BCUT2D eigenvalue weighted by Gasteiger charge is -2.43.